The summed E-state index contributed by atoms with van der Waals surface area (Å²) in [5, 5.41) is 7.35. The highest BCUT2D eigenvalue weighted by Crippen LogP contribution is 2.35. The van der Waals surface area contributed by atoms with Crippen molar-refractivity contribution in [2.45, 2.75) is 43.7 Å². The first kappa shape index (κ1) is 15.4. The van der Waals surface area contributed by atoms with E-state index in [9.17, 15) is 4.79 Å². The lowest BCUT2D eigenvalue weighted by Gasteiger charge is -2.40. The Hall–Kier alpha value is -2.14. The molecule has 2 fully saturated rings. The number of pyridine rings is 1. The Balaban J connectivity index is 1.61. The van der Waals surface area contributed by atoms with E-state index < -0.39 is 0 Å². The molecule has 1 heterocycles. The minimum Gasteiger partial charge on any atom is -0.376 e. The van der Waals surface area contributed by atoms with Crippen molar-refractivity contribution in [2.75, 3.05) is 19.0 Å². The molecular weight excluding hydrogens is 302 g/mol. The molecule has 2 aromatic rings. The Labute approximate surface area is 141 Å². The summed E-state index contributed by atoms with van der Waals surface area (Å²) in [7, 11) is 1.77. The highest BCUT2D eigenvalue weighted by Gasteiger charge is 2.36. The summed E-state index contributed by atoms with van der Waals surface area (Å²) in [6.07, 6.45) is 5.50. The van der Waals surface area contributed by atoms with Gasteiger partial charge in [-0.15, -0.1) is 0 Å². The molecule has 1 aromatic heterocycles. The average Bonchev–Trinajstić information content (AvgIpc) is 3.37. The number of methoxy groups -OCH3 is 1. The first-order valence-corrected chi connectivity index (χ1v) is 8.69. The average molecular weight is 325 g/mol. The second-order valence-corrected chi connectivity index (χ2v) is 6.91. The van der Waals surface area contributed by atoms with Crippen molar-refractivity contribution in [3.63, 3.8) is 0 Å². The van der Waals surface area contributed by atoms with Crippen LogP contribution in [0.15, 0.2) is 30.3 Å². The quantitative estimate of drug-likeness (QED) is 0.856. The summed E-state index contributed by atoms with van der Waals surface area (Å²) in [5.74, 6) is 0.724. The highest BCUT2D eigenvalue weighted by atomic mass is 16.5. The fourth-order valence-electron chi connectivity index (χ4n) is 3.22. The summed E-state index contributed by atoms with van der Waals surface area (Å²) in [4.78, 5) is 17.3. The van der Waals surface area contributed by atoms with E-state index in [1.807, 2.05) is 30.3 Å². The number of nitrogens with zero attached hydrogens (tertiary/aromatic N) is 1. The number of nitrogens with one attached hydrogen (secondary N) is 2. The van der Waals surface area contributed by atoms with E-state index in [4.69, 9.17) is 4.74 Å². The third-order valence-electron chi connectivity index (χ3n) is 5.16. The number of hydrogen-bond donors (Lipinski definition) is 2. The summed E-state index contributed by atoms with van der Waals surface area (Å²) in [5.41, 5.74) is 1.45. The van der Waals surface area contributed by atoms with Gasteiger partial charge in [-0.25, -0.2) is 4.98 Å². The van der Waals surface area contributed by atoms with Crippen LogP contribution in [0.1, 0.15) is 42.5 Å². The van der Waals surface area contributed by atoms with Gasteiger partial charge in [0.1, 0.15) is 5.82 Å². The Kier molecular flexibility index (Phi) is 3.88. The van der Waals surface area contributed by atoms with Crippen LogP contribution in [0.4, 0.5) is 5.82 Å². The summed E-state index contributed by atoms with van der Waals surface area (Å²) >= 11 is 0. The smallest absolute Gasteiger partial charge is 0.252 e. The van der Waals surface area contributed by atoms with E-state index in [0.717, 1.165) is 48.9 Å². The van der Waals surface area contributed by atoms with Gasteiger partial charge < -0.3 is 15.4 Å². The molecule has 0 saturated heterocycles. The molecule has 0 radical (unpaired) electrons. The summed E-state index contributed by atoms with van der Waals surface area (Å²) in [6.45, 7) is 0.721. The SMILES string of the molecule is COC1(CNc2cc(C(=O)NC3CC3)c3ccccc3n2)CCC1. The van der Waals surface area contributed by atoms with Crippen LogP contribution in [0.2, 0.25) is 0 Å². The van der Waals surface area contributed by atoms with E-state index in [1.165, 1.54) is 6.42 Å². The molecule has 2 N–H and O–H groups in total. The van der Waals surface area contributed by atoms with Gasteiger partial charge in [-0.05, 0) is 44.2 Å². The highest BCUT2D eigenvalue weighted by molar-refractivity contribution is 6.07. The molecule has 2 saturated carbocycles. The molecular formula is C19H23N3O2. The standard InChI is InChI=1S/C19H23N3O2/c1-24-19(9-4-10-19)12-20-17-11-15(18(23)21-13-7-8-13)14-5-2-3-6-16(14)22-17/h2-3,5-6,11,13H,4,7-10,12H2,1H3,(H,20,22)(H,21,23). The number of fused-ring (bicyclic) bond motifs is 1. The van der Waals surface area contributed by atoms with Gasteiger partial charge in [0.05, 0.1) is 16.7 Å². The van der Waals surface area contributed by atoms with E-state index in [-0.39, 0.29) is 11.5 Å². The van der Waals surface area contributed by atoms with Gasteiger partial charge in [0.25, 0.3) is 5.91 Å². The van der Waals surface area contributed by atoms with Crippen molar-refractivity contribution in [2.24, 2.45) is 0 Å². The van der Waals surface area contributed by atoms with Gasteiger partial charge in [-0.3, -0.25) is 4.79 Å². The van der Waals surface area contributed by atoms with E-state index >= 15 is 0 Å². The van der Waals surface area contributed by atoms with Crippen LogP contribution in [0.5, 0.6) is 0 Å². The van der Waals surface area contributed by atoms with E-state index in [2.05, 4.69) is 15.6 Å². The normalized spacial score (nSPS) is 18.9. The predicted octanol–water partition coefficient (Wildman–Crippen LogP) is 3.11. The van der Waals surface area contributed by atoms with Gasteiger partial charge in [0, 0.05) is 25.1 Å². The fourth-order valence-corrected chi connectivity index (χ4v) is 3.22. The summed E-state index contributed by atoms with van der Waals surface area (Å²) < 4.78 is 5.65. The molecule has 2 aliphatic carbocycles. The van der Waals surface area contributed by atoms with Gasteiger partial charge in [-0.2, -0.15) is 0 Å². The van der Waals surface area contributed by atoms with Crippen LogP contribution in [0.25, 0.3) is 10.9 Å². The van der Waals surface area contributed by atoms with Crippen molar-refractivity contribution in [1.82, 2.24) is 10.3 Å². The number of benzene rings is 1. The fraction of sp³-hybridized carbons (Fsp3) is 0.474. The molecule has 4 rings (SSSR count). The lowest BCUT2D eigenvalue weighted by molar-refractivity contribution is -0.0601. The third-order valence-corrected chi connectivity index (χ3v) is 5.16. The van der Waals surface area contributed by atoms with Crippen LogP contribution in [0, 0.1) is 0 Å². The van der Waals surface area contributed by atoms with Crippen molar-refractivity contribution >= 4 is 22.6 Å². The number of anilines is 1. The lowest BCUT2D eigenvalue weighted by Crippen LogP contribution is -2.45. The van der Waals surface area contributed by atoms with Gasteiger partial charge in [0.15, 0.2) is 0 Å². The second-order valence-electron chi connectivity index (χ2n) is 6.91. The molecule has 0 aliphatic heterocycles. The first-order valence-electron chi connectivity index (χ1n) is 8.69. The van der Waals surface area contributed by atoms with Crippen LogP contribution in [-0.2, 0) is 4.74 Å². The van der Waals surface area contributed by atoms with Crippen LogP contribution in [-0.4, -0.2) is 36.2 Å². The molecule has 126 valence electrons. The number of rotatable bonds is 6. The Morgan fingerprint density at radius 3 is 2.79 bits per heavy atom. The topological polar surface area (TPSA) is 63.2 Å². The zero-order chi connectivity index (χ0) is 16.6. The monoisotopic (exact) mass is 325 g/mol. The molecule has 5 nitrogen and oxygen atoms in total. The second kappa shape index (κ2) is 6.06. The Morgan fingerprint density at radius 2 is 2.12 bits per heavy atom. The molecule has 0 spiro atoms. The summed E-state index contributed by atoms with van der Waals surface area (Å²) in [6, 6.07) is 10.00. The molecule has 24 heavy (non-hydrogen) atoms. The lowest BCUT2D eigenvalue weighted by atomic mass is 9.80. The molecule has 1 aromatic carbocycles. The number of para-hydroxylation sites is 1. The van der Waals surface area contributed by atoms with E-state index in [0.29, 0.717) is 11.6 Å². The number of hydrogen-bond acceptors (Lipinski definition) is 4. The van der Waals surface area contributed by atoms with Crippen LogP contribution < -0.4 is 10.6 Å². The number of carbonyl (C=O) groups excluding carboxylic acids is 1. The number of aromatic nitrogens is 1. The molecule has 1 amide bonds. The van der Waals surface area contributed by atoms with Gasteiger partial charge in [0.2, 0.25) is 0 Å². The molecule has 5 heteroatoms. The molecule has 0 unspecified atom stereocenters. The van der Waals surface area contributed by atoms with Crippen molar-refractivity contribution in [3.05, 3.63) is 35.9 Å². The van der Waals surface area contributed by atoms with E-state index in [1.54, 1.807) is 7.11 Å². The van der Waals surface area contributed by atoms with Crippen molar-refractivity contribution in [3.8, 4) is 0 Å². The number of amides is 1. The van der Waals surface area contributed by atoms with Gasteiger partial charge >= 0.3 is 0 Å². The van der Waals surface area contributed by atoms with Crippen LogP contribution in [0.3, 0.4) is 0 Å². The largest absolute Gasteiger partial charge is 0.376 e. The minimum atomic E-state index is -0.0796. The van der Waals surface area contributed by atoms with Crippen LogP contribution >= 0.6 is 0 Å². The maximum atomic E-state index is 12.6. The Bertz CT molecular complexity index is 761. The zero-order valence-corrected chi connectivity index (χ0v) is 14.0. The molecule has 2 aliphatic rings. The first-order chi connectivity index (χ1) is 11.7. The van der Waals surface area contributed by atoms with Crippen molar-refractivity contribution < 1.29 is 9.53 Å². The molecule has 0 atom stereocenters. The number of ether oxygens (including phenoxy) is 1. The van der Waals surface area contributed by atoms with Crippen molar-refractivity contribution in [1.29, 1.82) is 0 Å². The van der Waals surface area contributed by atoms with Gasteiger partial charge in [-0.1, -0.05) is 18.2 Å². The maximum absolute atomic E-state index is 12.6. The molecule has 0 bridgehead atoms. The third kappa shape index (κ3) is 2.96. The zero-order valence-electron chi connectivity index (χ0n) is 14.0. The Morgan fingerprint density at radius 1 is 1.33 bits per heavy atom. The number of carbonyl (C=O) groups is 1. The minimum absolute atomic E-state index is 0.00995. The maximum Gasteiger partial charge on any atom is 0.252 e. The predicted molar refractivity (Wildman–Crippen MR) is 94.3 cm³/mol.